The number of aromatic nitrogens is 2. The van der Waals surface area contributed by atoms with Gasteiger partial charge >= 0.3 is 0 Å². The smallest absolute Gasteiger partial charge is 0.212 e. The maximum absolute atomic E-state index is 13.6. The monoisotopic (exact) mass is 529 g/mol. The first kappa shape index (κ1) is 26.6. The summed E-state index contributed by atoms with van der Waals surface area (Å²) in [7, 11) is 3.29. The Morgan fingerprint density at radius 2 is 1.33 bits per heavy atom. The summed E-state index contributed by atoms with van der Waals surface area (Å²) in [6.45, 7) is 5.88. The van der Waals surface area contributed by atoms with E-state index in [9.17, 15) is 4.79 Å². The van der Waals surface area contributed by atoms with Crippen molar-refractivity contribution in [1.82, 2.24) is 14.7 Å². The molecule has 0 saturated carbocycles. The molecule has 0 amide bonds. The highest BCUT2D eigenvalue weighted by atomic mass is 16.5. The highest BCUT2D eigenvalue weighted by Crippen LogP contribution is 2.33. The van der Waals surface area contributed by atoms with Crippen LogP contribution in [0.2, 0.25) is 0 Å². The Kier molecular flexibility index (Phi) is 8.32. The van der Waals surface area contributed by atoms with E-state index in [0.717, 1.165) is 54.1 Å². The minimum Gasteiger partial charge on any atom is -0.497 e. The zero-order valence-electron chi connectivity index (χ0n) is 22.8. The molecule has 1 saturated heterocycles. The summed E-state index contributed by atoms with van der Waals surface area (Å²) in [5.41, 5.74) is 3.21. The maximum Gasteiger partial charge on any atom is 0.212 e. The summed E-state index contributed by atoms with van der Waals surface area (Å²) < 4.78 is 25.0. The van der Waals surface area contributed by atoms with Crippen molar-refractivity contribution in [2.75, 3.05) is 27.3 Å². The largest absolute Gasteiger partial charge is 0.497 e. The van der Waals surface area contributed by atoms with Crippen LogP contribution >= 0.6 is 0 Å². The molecule has 0 bridgehead atoms. The van der Waals surface area contributed by atoms with Gasteiger partial charge in [-0.25, -0.2) is 0 Å². The van der Waals surface area contributed by atoms with E-state index in [1.807, 2.05) is 72.3 Å². The molecule has 1 fully saturated rings. The van der Waals surface area contributed by atoms with Crippen LogP contribution in [0.4, 0.5) is 0 Å². The van der Waals surface area contributed by atoms with E-state index in [1.54, 1.807) is 14.2 Å². The van der Waals surface area contributed by atoms with Gasteiger partial charge in [0.25, 0.3) is 0 Å². The number of benzene rings is 3. The summed E-state index contributed by atoms with van der Waals surface area (Å²) in [6.07, 6.45) is 2.32. The average Bonchev–Trinajstić information content (AvgIpc) is 3.50. The topological polar surface area (TPSA) is 75.1 Å². The van der Waals surface area contributed by atoms with Crippen LogP contribution in [0.25, 0.3) is 10.9 Å². The number of hydrogen-bond donors (Lipinski definition) is 0. The number of likely N-dealkylation sites (tertiary alicyclic amines) is 1. The van der Waals surface area contributed by atoms with Crippen molar-refractivity contribution in [2.24, 2.45) is 0 Å². The van der Waals surface area contributed by atoms with Gasteiger partial charge in [-0.15, -0.1) is 0 Å². The third-order valence-electron chi connectivity index (χ3n) is 7.07. The molecule has 1 aliphatic rings. The van der Waals surface area contributed by atoms with E-state index in [2.05, 4.69) is 4.90 Å². The van der Waals surface area contributed by atoms with Gasteiger partial charge < -0.3 is 18.9 Å². The molecular weight excluding hydrogens is 494 g/mol. The zero-order chi connectivity index (χ0) is 27.2. The Morgan fingerprint density at radius 3 is 1.85 bits per heavy atom. The lowest BCUT2D eigenvalue weighted by atomic mass is 10.1. The van der Waals surface area contributed by atoms with Gasteiger partial charge in [-0.3, -0.25) is 14.4 Å². The predicted molar refractivity (Wildman–Crippen MR) is 151 cm³/mol. The second-order valence-electron chi connectivity index (χ2n) is 9.66. The second kappa shape index (κ2) is 12.2. The van der Waals surface area contributed by atoms with Gasteiger partial charge in [0.05, 0.1) is 25.1 Å². The molecular formula is C31H35N3O5. The summed E-state index contributed by atoms with van der Waals surface area (Å²) in [5, 5.41) is 5.33. The average molecular weight is 530 g/mol. The fourth-order valence-corrected chi connectivity index (χ4v) is 4.83. The fourth-order valence-electron chi connectivity index (χ4n) is 4.83. The first-order valence-corrected chi connectivity index (χ1v) is 13.4. The molecule has 39 heavy (non-hydrogen) atoms. The Hall–Kier alpha value is -4.04. The van der Waals surface area contributed by atoms with E-state index in [-0.39, 0.29) is 5.43 Å². The molecule has 0 atom stereocenters. The number of hydrogen-bond acceptors (Lipinski definition) is 7. The highest BCUT2D eigenvalue weighted by molar-refractivity contribution is 5.83. The van der Waals surface area contributed by atoms with Crippen LogP contribution in [-0.2, 0) is 26.3 Å². The number of aryl methyl sites for hydroxylation is 1. The highest BCUT2D eigenvalue weighted by Gasteiger charge is 2.19. The molecule has 0 radical (unpaired) electrons. The van der Waals surface area contributed by atoms with Crippen LogP contribution < -0.4 is 24.4 Å². The van der Waals surface area contributed by atoms with Crippen molar-refractivity contribution >= 4 is 10.9 Å². The van der Waals surface area contributed by atoms with Gasteiger partial charge in [0, 0.05) is 19.2 Å². The molecule has 0 aliphatic carbocycles. The molecule has 4 aromatic rings. The van der Waals surface area contributed by atoms with Crippen molar-refractivity contribution < 1.29 is 18.9 Å². The Balaban J connectivity index is 1.49. The number of methoxy groups -OCH3 is 2. The van der Waals surface area contributed by atoms with Crippen molar-refractivity contribution in [3.8, 4) is 23.0 Å². The maximum atomic E-state index is 13.6. The Morgan fingerprint density at radius 1 is 0.795 bits per heavy atom. The number of rotatable bonds is 11. The number of fused-ring (bicyclic) bond motifs is 1. The van der Waals surface area contributed by atoms with Gasteiger partial charge in [0.1, 0.15) is 30.4 Å². The van der Waals surface area contributed by atoms with Gasteiger partial charge in [-0.1, -0.05) is 24.3 Å². The molecule has 2 heterocycles. The van der Waals surface area contributed by atoms with E-state index in [1.165, 1.54) is 0 Å². The molecule has 0 N–H and O–H groups in total. The first-order valence-electron chi connectivity index (χ1n) is 13.4. The van der Waals surface area contributed by atoms with E-state index >= 15 is 0 Å². The van der Waals surface area contributed by atoms with Crippen LogP contribution in [0.1, 0.15) is 36.6 Å². The second-order valence-corrected chi connectivity index (χ2v) is 9.66. The minimum absolute atomic E-state index is 0.0578. The van der Waals surface area contributed by atoms with Gasteiger partial charge in [-0.2, -0.15) is 5.10 Å². The molecule has 0 spiro atoms. The lowest BCUT2D eigenvalue weighted by Crippen LogP contribution is -2.27. The van der Waals surface area contributed by atoms with Crippen LogP contribution in [0.15, 0.2) is 65.5 Å². The Bertz CT molecular complexity index is 1460. The summed E-state index contributed by atoms with van der Waals surface area (Å²) >= 11 is 0. The molecule has 1 aromatic heterocycles. The van der Waals surface area contributed by atoms with Crippen molar-refractivity contribution in [1.29, 1.82) is 0 Å². The van der Waals surface area contributed by atoms with Gasteiger partial charge in [0.15, 0.2) is 11.5 Å². The summed E-state index contributed by atoms with van der Waals surface area (Å²) in [4.78, 5) is 15.9. The molecule has 3 aromatic carbocycles. The Labute approximate surface area is 228 Å². The summed E-state index contributed by atoms with van der Waals surface area (Å²) in [6, 6.07) is 19.1. The van der Waals surface area contributed by atoms with Gasteiger partial charge in [-0.05, 0) is 74.3 Å². The molecule has 204 valence electrons. The van der Waals surface area contributed by atoms with Crippen molar-refractivity contribution in [2.45, 2.75) is 46.1 Å². The standard InChI is InChI=1S/C31H35N3O5/c1-4-34-28-18-30(39-21-23-9-13-25(37-3)14-10-23)29(38-20-22-7-11-24(36-2)12-8-22)17-26(28)31(35)27(32-34)19-33-15-5-6-16-33/h7-14,17-18H,4-6,15-16,19-21H2,1-3H3. The molecule has 0 unspecified atom stereocenters. The van der Waals surface area contributed by atoms with Crippen LogP contribution in [0, 0.1) is 0 Å². The third kappa shape index (κ3) is 6.17. The SMILES string of the molecule is CCn1nc(CN2CCCC2)c(=O)c2cc(OCc3ccc(OC)cc3)c(OCc3ccc(OC)cc3)cc21. The first-order chi connectivity index (χ1) is 19.1. The quantitative estimate of drug-likeness (QED) is 0.265. The summed E-state index contributed by atoms with van der Waals surface area (Å²) in [5.74, 6) is 2.65. The van der Waals surface area contributed by atoms with E-state index in [4.69, 9.17) is 24.0 Å². The molecule has 8 heteroatoms. The molecule has 1 aliphatic heterocycles. The molecule has 8 nitrogen and oxygen atoms in total. The fraction of sp³-hybridized carbons (Fsp3) is 0.355. The van der Waals surface area contributed by atoms with Crippen LogP contribution in [0.3, 0.4) is 0 Å². The lowest BCUT2D eigenvalue weighted by molar-refractivity contribution is 0.256. The third-order valence-corrected chi connectivity index (χ3v) is 7.07. The zero-order valence-corrected chi connectivity index (χ0v) is 22.8. The molecule has 5 rings (SSSR count). The number of ether oxygens (including phenoxy) is 4. The normalized spacial score (nSPS) is 13.5. The van der Waals surface area contributed by atoms with E-state index < -0.39 is 0 Å². The lowest BCUT2D eigenvalue weighted by Gasteiger charge is -2.18. The van der Waals surface area contributed by atoms with Crippen LogP contribution in [0.5, 0.6) is 23.0 Å². The van der Waals surface area contributed by atoms with Crippen molar-refractivity contribution in [3.05, 3.63) is 87.7 Å². The number of nitrogens with zero attached hydrogens (tertiary/aromatic N) is 3. The van der Waals surface area contributed by atoms with Crippen LogP contribution in [-0.4, -0.2) is 42.0 Å². The van der Waals surface area contributed by atoms with E-state index in [0.29, 0.717) is 48.9 Å². The van der Waals surface area contributed by atoms with Gasteiger partial charge in [0.2, 0.25) is 5.43 Å². The van der Waals surface area contributed by atoms with Crippen molar-refractivity contribution in [3.63, 3.8) is 0 Å². The predicted octanol–water partition coefficient (Wildman–Crippen LogP) is 5.19. The minimum atomic E-state index is -0.0578.